The lowest BCUT2D eigenvalue weighted by Gasteiger charge is -2.57. The predicted octanol–water partition coefficient (Wildman–Crippen LogP) is 4.53. The van der Waals surface area contributed by atoms with Crippen LogP contribution in [0.15, 0.2) is 11.6 Å². The Morgan fingerprint density at radius 1 is 1.09 bits per heavy atom. The van der Waals surface area contributed by atoms with Gasteiger partial charge in [0.05, 0.1) is 6.10 Å². The Morgan fingerprint density at radius 3 is 2.59 bits per heavy atom. The van der Waals surface area contributed by atoms with Gasteiger partial charge >= 0.3 is 0 Å². The van der Waals surface area contributed by atoms with Crippen molar-refractivity contribution in [3.8, 4) is 0 Å². The molecule has 22 heavy (non-hydrogen) atoms. The molecule has 5 unspecified atom stereocenters. The van der Waals surface area contributed by atoms with Crippen LogP contribution in [0.5, 0.6) is 0 Å². The van der Waals surface area contributed by atoms with E-state index in [4.69, 9.17) is 4.74 Å². The predicted molar refractivity (Wildman–Crippen MR) is 87.5 cm³/mol. The summed E-state index contributed by atoms with van der Waals surface area (Å²) >= 11 is 0. The molecule has 0 aromatic heterocycles. The molecule has 0 radical (unpaired) electrons. The molecule has 4 aliphatic rings. The molecule has 122 valence electrons. The van der Waals surface area contributed by atoms with Gasteiger partial charge in [-0.1, -0.05) is 25.5 Å². The number of allylic oxidation sites excluding steroid dienone is 1. The maximum Gasteiger partial charge on any atom is 0.139 e. The van der Waals surface area contributed by atoms with Gasteiger partial charge in [-0.25, -0.2) is 0 Å². The van der Waals surface area contributed by atoms with E-state index in [2.05, 4.69) is 19.9 Å². The molecule has 3 fully saturated rings. The lowest BCUT2D eigenvalue weighted by molar-refractivity contribution is -0.132. The van der Waals surface area contributed by atoms with Crippen molar-refractivity contribution >= 4 is 5.78 Å². The van der Waals surface area contributed by atoms with Crippen molar-refractivity contribution in [2.45, 2.75) is 71.3 Å². The second-order valence-corrected chi connectivity index (χ2v) is 8.78. The first-order valence-electron chi connectivity index (χ1n) is 9.24. The average Bonchev–Trinajstić information content (AvgIpc) is 2.82. The topological polar surface area (TPSA) is 26.3 Å². The van der Waals surface area contributed by atoms with E-state index in [9.17, 15) is 4.79 Å². The minimum absolute atomic E-state index is 0.00655. The largest absolute Gasteiger partial charge is 0.381 e. The maximum absolute atomic E-state index is 12.4. The molecule has 0 amide bonds. The minimum atomic E-state index is 0.00655. The first kappa shape index (κ1) is 14.9. The van der Waals surface area contributed by atoms with E-state index in [0.29, 0.717) is 23.2 Å². The quantitative estimate of drug-likeness (QED) is 0.665. The fraction of sp³-hybridized carbons (Fsp3) is 0.850. The summed E-state index contributed by atoms with van der Waals surface area (Å²) < 4.78 is 5.64. The Bertz CT molecular complexity index is 522. The summed E-state index contributed by atoms with van der Waals surface area (Å²) in [7, 11) is 1.86. The second kappa shape index (κ2) is 4.93. The molecule has 4 rings (SSSR count). The van der Waals surface area contributed by atoms with Crippen LogP contribution in [0.2, 0.25) is 0 Å². The van der Waals surface area contributed by atoms with Crippen LogP contribution in [-0.2, 0) is 9.53 Å². The van der Waals surface area contributed by atoms with Crippen molar-refractivity contribution < 1.29 is 9.53 Å². The fourth-order valence-corrected chi connectivity index (χ4v) is 6.60. The third-order valence-corrected chi connectivity index (χ3v) is 8.10. The molecule has 4 aliphatic carbocycles. The van der Waals surface area contributed by atoms with Crippen molar-refractivity contribution in [1.29, 1.82) is 0 Å². The third-order valence-electron chi connectivity index (χ3n) is 8.10. The highest BCUT2D eigenvalue weighted by atomic mass is 16.5. The number of hydrogen-bond acceptors (Lipinski definition) is 2. The summed E-state index contributed by atoms with van der Waals surface area (Å²) in [5, 5.41) is 0. The first-order chi connectivity index (χ1) is 10.5. The molecule has 3 saturated carbocycles. The van der Waals surface area contributed by atoms with E-state index in [1.165, 1.54) is 25.7 Å². The van der Waals surface area contributed by atoms with Gasteiger partial charge in [0.1, 0.15) is 5.78 Å². The molecule has 0 spiro atoms. The normalized spacial score (nSPS) is 50.9. The monoisotopic (exact) mass is 302 g/mol. The van der Waals surface area contributed by atoms with E-state index in [0.717, 1.165) is 37.5 Å². The highest BCUT2D eigenvalue weighted by Gasteiger charge is 2.58. The van der Waals surface area contributed by atoms with Crippen LogP contribution in [0.1, 0.15) is 65.2 Å². The molecule has 0 aromatic carbocycles. The van der Waals surface area contributed by atoms with Crippen LogP contribution in [0.3, 0.4) is 0 Å². The number of Topliss-reactive ketones (excluding diaryl/α,β-unsaturated/α-hetero) is 1. The number of fused-ring (bicyclic) bond motifs is 5. The van der Waals surface area contributed by atoms with Gasteiger partial charge in [-0.3, -0.25) is 4.79 Å². The van der Waals surface area contributed by atoms with Crippen LogP contribution in [0.4, 0.5) is 0 Å². The van der Waals surface area contributed by atoms with E-state index in [-0.39, 0.29) is 5.41 Å². The lowest BCUT2D eigenvalue weighted by atomic mass is 9.48. The number of methoxy groups -OCH3 is 1. The highest BCUT2D eigenvalue weighted by Crippen LogP contribution is 2.64. The number of rotatable bonds is 1. The Morgan fingerprint density at radius 2 is 1.82 bits per heavy atom. The van der Waals surface area contributed by atoms with Crippen molar-refractivity contribution in [3.63, 3.8) is 0 Å². The second-order valence-electron chi connectivity index (χ2n) is 8.78. The fourth-order valence-electron chi connectivity index (χ4n) is 6.60. The standard InChI is InChI=1S/C20H30O2/c1-19-10-8-14(22-3)12-13(19)4-5-15-16-6-7-18(21)20(16,2)11-9-17(15)19/h4,14-17H,5-12H2,1-3H3/t14-,15?,16?,17?,19?,20?/m0/s1. The summed E-state index contributed by atoms with van der Waals surface area (Å²) in [6.07, 6.45) is 12.2. The lowest BCUT2D eigenvalue weighted by Crippen LogP contribution is -2.50. The minimum Gasteiger partial charge on any atom is -0.381 e. The van der Waals surface area contributed by atoms with Crippen molar-refractivity contribution in [1.82, 2.24) is 0 Å². The van der Waals surface area contributed by atoms with Gasteiger partial charge in [0.2, 0.25) is 0 Å². The van der Waals surface area contributed by atoms with Gasteiger partial charge in [-0.2, -0.15) is 0 Å². The number of ketones is 1. The van der Waals surface area contributed by atoms with Crippen LogP contribution < -0.4 is 0 Å². The molecular formula is C20H30O2. The van der Waals surface area contributed by atoms with Crippen molar-refractivity contribution in [2.75, 3.05) is 7.11 Å². The maximum atomic E-state index is 12.4. The van der Waals surface area contributed by atoms with E-state index < -0.39 is 0 Å². The van der Waals surface area contributed by atoms with Crippen LogP contribution in [0.25, 0.3) is 0 Å². The molecule has 0 aromatic rings. The van der Waals surface area contributed by atoms with Crippen molar-refractivity contribution in [3.05, 3.63) is 11.6 Å². The van der Waals surface area contributed by atoms with Gasteiger partial charge in [0.25, 0.3) is 0 Å². The Hall–Kier alpha value is -0.630. The van der Waals surface area contributed by atoms with Crippen LogP contribution in [0, 0.1) is 28.6 Å². The zero-order valence-corrected chi connectivity index (χ0v) is 14.4. The zero-order chi connectivity index (χ0) is 15.5. The zero-order valence-electron chi connectivity index (χ0n) is 14.4. The Kier molecular flexibility index (Phi) is 3.35. The van der Waals surface area contributed by atoms with Gasteiger partial charge in [0.15, 0.2) is 0 Å². The van der Waals surface area contributed by atoms with Gasteiger partial charge < -0.3 is 4.74 Å². The molecule has 0 N–H and O–H groups in total. The smallest absolute Gasteiger partial charge is 0.139 e. The number of carbonyl (C=O) groups excluding carboxylic acids is 1. The summed E-state index contributed by atoms with van der Waals surface area (Å²) in [6, 6.07) is 0. The third kappa shape index (κ3) is 1.85. The average molecular weight is 302 g/mol. The van der Waals surface area contributed by atoms with Crippen LogP contribution in [-0.4, -0.2) is 19.0 Å². The molecule has 2 nitrogen and oxygen atoms in total. The SMILES string of the molecule is CO[C@H]1CCC2(C)C(=CCC3C4CCC(=O)C4(C)CCC32)C1. The summed E-state index contributed by atoms with van der Waals surface area (Å²) in [5.74, 6) is 2.75. The summed E-state index contributed by atoms with van der Waals surface area (Å²) in [6.45, 7) is 4.79. The number of hydrogen-bond donors (Lipinski definition) is 0. The molecule has 0 saturated heterocycles. The highest BCUT2D eigenvalue weighted by molar-refractivity contribution is 5.87. The van der Waals surface area contributed by atoms with Gasteiger partial charge in [0, 0.05) is 18.9 Å². The summed E-state index contributed by atoms with van der Waals surface area (Å²) in [4.78, 5) is 12.4. The van der Waals surface area contributed by atoms with Crippen LogP contribution >= 0.6 is 0 Å². The first-order valence-corrected chi connectivity index (χ1v) is 9.24. The molecule has 0 aliphatic heterocycles. The van der Waals surface area contributed by atoms with Gasteiger partial charge in [-0.05, 0) is 68.1 Å². The number of ether oxygens (including phenoxy) is 1. The Balaban J connectivity index is 1.66. The molecule has 2 heteroatoms. The summed E-state index contributed by atoms with van der Waals surface area (Å²) in [5.41, 5.74) is 2.05. The molecule has 0 bridgehead atoms. The molecule has 0 heterocycles. The van der Waals surface area contributed by atoms with E-state index in [1.54, 1.807) is 5.57 Å². The molecular weight excluding hydrogens is 272 g/mol. The van der Waals surface area contributed by atoms with Crippen molar-refractivity contribution in [2.24, 2.45) is 28.6 Å². The Labute approximate surface area is 134 Å². The van der Waals surface area contributed by atoms with Gasteiger partial charge in [-0.15, -0.1) is 0 Å². The van der Waals surface area contributed by atoms with E-state index in [1.807, 2.05) is 7.11 Å². The molecule has 6 atom stereocenters. The van der Waals surface area contributed by atoms with E-state index >= 15 is 0 Å². The number of carbonyl (C=O) groups is 1.